The highest BCUT2D eigenvalue weighted by molar-refractivity contribution is 6.02. The molecule has 0 aliphatic rings. The Morgan fingerprint density at radius 3 is 0.913 bits per heavy atom. The fraction of sp³-hybridized carbons (Fsp3) is 0.952. The Balaban J connectivity index is 4.06. The third-order valence-corrected chi connectivity index (χ3v) is 10.2. The van der Waals surface area contributed by atoms with Crippen molar-refractivity contribution in [3.63, 3.8) is 0 Å². The Morgan fingerprint density at radius 1 is 0.435 bits per heavy atom. The Hall–Kier alpha value is -0.740. The van der Waals surface area contributed by atoms with E-state index in [1.807, 2.05) is 14.1 Å². The van der Waals surface area contributed by atoms with Gasteiger partial charge in [-0.2, -0.15) is 0 Å². The van der Waals surface area contributed by atoms with E-state index < -0.39 is 5.92 Å². The standard InChI is InChI=1S/C42H84NO3/c1-5-7-9-11-13-15-17-19-21-23-25-27-29-31-33-35-41(45)40(39-43(3,4)37-38-44)42(46)36-34-32-30-28-26-24-22-20-18-16-14-12-10-8-6-2/h40,44H,5-39H2,1-4H3/q+1. The second-order valence-corrected chi connectivity index (χ2v) is 15.5. The number of carbonyl (C=O) groups excluding carboxylic acids is 2. The third kappa shape index (κ3) is 30.6. The van der Waals surface area contributed by atoms with Gasteiger partial charge in [-0.3, -0.25) is 9.59 Å². The van der Waals surface area contributed by atoms with Crippen LogP contribution < -0.4 is 0 Å². The zero-order valence-corrected chi connectivity index (χ0v) is 32.0. The Bertz CT molecular complexity index is 615. The van der Waals surface area contributed by atoms with Gasteiger partial charge in [0.15, 0.2) is 0 Å². The minimum Gasteiger partial charge on any atom is -0.391 e. The number of likely N-dealkylation sites (N-methyl/N-ethyl adjacent to an activating group) is 1. The molecule has 0 fully saturated rings. The molecule has 0 aliphatic heterocycles. The first-order chi connectivity index (χ1) is 22.4. The van der Waals surface area contributed by atoms with Gasteiger partial charge >= 0.3 is 0 Å². The van der Waals surface area contributed by atoms with Crippen LogP contribution in [0.4, 0.5) is 0 Å². The SMILES string of the molecule is CCCCCCCCCCCCCCCCCC(=O)C(C[N+](C)(C)CCO)C(=O)CCCCCCCCCCCCCCCCC. The highest BCUT2D eigenvalue weighted by atomic mass is 16.3. The number of nitrogens with zero attached hydrogens (tertiary/aromatic N) is 1. The largest absolute Gasteiger partial charge is 0.391 e. The van der Waals surface area contributed by atoms with E-state index in [0.29, 0.717) is 30.4 Å². The van der Waals surface area contributed by atoms with E-state index in [4.69, 9.17) is 0 Å². The number of quaternary nitrogens is 1. The molecule has 0 atom stereocenters. The molecule has 0 aromatic heterocycles. The fourth-order valence-electron chi connectivity index (χ4n) is 6.93. The van der Waals surface area contributed by atoms with Crippen molar-refractivity contribution in [2.45, 2.75) is 219 Å². The predicted molar refractivity (Wildman–Crippen MR) is 202 cm³/mol. The number of ketones is 2. The van der Waals surface area contributed by atoms with Gasteiger partial charge in [0.25, 0.3) is 0 Å². The molecule has 0 heterocycles. The van der Waals surface area contributed by atoms with Crippen molar-refractivity contribution in [2.24, 2.45) is 5.92 Å². The minimum atomic E-state index is -0.500. The van der Waals surface area contributed by atoms with Crippen LogP contribution in [0.5, 0.6) is 0 Å². The van der Waals surface area contributed by atoms with Gasteiger partial charge in [-0.25, -0.2) is 0 Å². The molecule has 0 radical (unpaired) electrons. The first kappa shape index (κ1) is 45.3. The van der Waals surface area contributed by atoms with Crippen molar-refractivity contribution < 1.29 is 19.2 Å². The van der Waals surface area contributed by atoms with E-state index in [9.17, 15) is 14.7 Å². The highest BCUT2D eigenvalue weighted by Gasteiger charge is 2.32. The van der Waals surface area contributed by atoms with E-state index in [1.165, 1.54) is 167 Å². The van der Waals surface area contributed by atoms with Gasteiger partial charge in [-0.05, 0) is 12.8 Å². The summed E-state index contributed by atoms with van der Waals surface area (Å²) >= 11 is 0. The van der Waals surface area contributed by atoms with Crippen molar-refractivity contribution in [2.75, 3.05) is 33.8 Å². The van der Waals surface area contributed by atoms with Crippen molar-refractivity contribution in [1.82, 2.24) is 0 Å². The molecule has 0 saturated heterocycles. The van der Waals surface area contributed by atoms with Crippen LogP contribution in [0.3, 0.4) is 0 Å². The summed E-state index contributed by atoms with van der Waals surface area (Å²) in [6.45, 7) is 5.75. The molecule has 274 valence electrons. The highest BCUT2D eigenvalue weighted by Crippen LogP contribution is 2.19. The summed E-state index contributed by atoms with van der Waals surface area (Å²) in [5, 5.41) is 9.51. The van der Waals surface area contributed by atoms with Crippen molar-refractivity contribution in [3.8, 4) is 0 Å². The summed E-state index contributed by atoms with van der Waals surface area (Å²) in [4.78, 5) is 26.5. The average Bonchev–Trinajstić information content (AvgIpc) is 3.03. The van der Waals surface area contributed by atoms with Gasteiger partial charge in [0.05, 0.1) is 27.2 Å². The quantitative estimate of drug-likeness (QED) is 0.0411. The first-order valence-electron chi connectivity index (χ1n) is 20.9. The topological polar surface area (TPSA) is 54.4 Å². The van der Waals surface area contributed by atoms with E-state index in [-0.39, 0.29) is 18.2 Å². The molecule has 0 amide bonds. The van der Waals surface area contributed by atoms with E-state index >= 15 is 0 Å². The lowest BCUT2D eigenvalue weighted by Gasteiger charge is -2.32. The molecular weight excluding hydrogens is 566 g/mol. The zero-order valence-electron chi connectivity index (χ0n) is 32.0. The molecule has 1 N–H and O–H groups in total. The Kier molecular flexibility index (Phi) is 33.6. The normalized spacial score (nSPS) is 12.0. The van der Waals surface area contributed by atoms with Crippen LogP contribution in [-0.4, -0.2) is 54.9 Å². The van der Waals surface area contributed by atoms with Crippen LogP contribution in [0.15, 0.2) is 0 Å². The Labute approximate surface area is 289 Å². The molecule has 4 heteroatoms. The molecule has 0 aliphatic carbocycles. The summed E-state index contributed by atoms with van der Waals surface area (Å²) in [7, 11) is 4.07. The van der Waals surface area contributed by atoms with Crippen LogP contribution in [0.2, 0.25) is 0 Å². The number of carbonyl (C=O) groups is 2. The van der Waals surface area contributed by atoms with Gasteiger partial charge in [-0.1, -0.05) is 194 Å². The lowest BCUT2D eigenvalue weighted by Crippen LogP contribution is -2.49. The molecule has 0 rings (SSSR count). The van der Waals surface area contributed by atoms with Gasteiger partial charge in [-0.15, -0.1) is 0 Å². The van der Waals surface area contributed by atoms with E-state index in [1.54, 1.807) is 0 Å². The molecule has 46 heavy (non-hydrogen) atoms. The minimum absolute atomic E-state index is 0.0835. The van der Waals surface area contributed by atoms with E-state index in [0.717, 1.165) is 25.7 Å². The molecular formula is C42H84NO3+. The maximum atomic E-state index is 13.3. The maximum absolute atomic E-state index is 13.3. The number of hydrogen-bond acceptors (Lipinski definition) is 3. The molecule has 0 saturated carbocycles. The molecule has 0 spiro atoms. The van der Waals surface area contributed by atoms with Crippen LogP contribution in [0, 0.1) is 5.92 Å². The number of unbranched alkanes of at least 4 members (excludes halogenated alkanes) is 28. The number of aliphatic hydroxyl groups is 1. The molecule has 0 aromatic rings. The van der Waals surface area contributed by atoms with Crippen molar-refractivity contribution >= 4 is 11.6 Å². The van der Waals surface area contributed by atoms with Gasteiger partial charge in [0, 0.05) is 12.8 Å². The molecule has 0 bridgehead atoms. The summed E-state index contributed by atoms with van der Waals surface area (Å²) in [6.07, 6.45) is 40.5. The zero-order chi connectivity index (χ0) is 34.0. The summed E-state index contributed by atoms with van der Waals surface area (Å²) in [5.74, 6) is -0.213. The smallest absolute Gasteiger partial charge is 0.149 e. The number of Topliss-reactive ketones (excluding diaryl/α,β-unsaturated/α-hetero) is 2. The fourth-order valence-corrected chi connectivity index (χ4v) is 6.93. The number of rotatable bonds is 38. The summed E-state index contributed by atoms with van der Waals surface area (Å²) in [6, 6.07) is 0. The van der Waals surface area contributed by atoms with Crippen LogP contribution in [-0.2, 0) is 9.59 Å². The number of aliphatic hydroxyl groups excluding tert-OH is 1. The maximum Gasteiger partial charge on any atom is 0.149 e. The molecule has 4 nitrogen and oxygen atoms in total. The average molecular weight is 651 g/mol. The monoisotopic (exact) mass is 651 g/mol. The van der Waals surface area contributed by atoms with E-state index in [2.05, 4.69) is 13.8 Å². The van der Waals surface area contributed by atoms with Crippen LogP contribution >= 0.6 is 0 Å². The second kappa shape index (κ2) is 34.1. The molecule has 0 unspecified atom stereocenters. The van der Waals surface area contributed by atoms with Crippen LogP contribution in [0.25, 0.3) is 0 Å². The van der Waals surface area contributed by atoms with Gasteiger partial charge < -0.3 is 9.59 Å². The van der Waals surface area contributed by atoms with Crippen molar-refractivity contribution in [1.29, 1.82) is 0 Å². The lowest BCUT2D eigenvalue weighted by molar-refractivity contribution is -0.891. The second-order valence-electron chi connectivity index (χ2n) is 15.5. The lowest BCUT2D eigenvalue weighted by atomic mass is 9.90. The van der Waals surface area contributed by atoms with Gasteiger partial charge in [0.2, 0.25) is 0 Å². The third-order valence-electron chi connectivity index (χ3n) is 10.2. The predicted octanol–water partition coefficient (Wildman–Crippen LogP) is 12.3. The van der Waals surface area contributed by atoms with Gasteiger partial charge in [0.1, 0.15) is 24.0 Å². The number of hydrogen-bond donors (Lipinski definition) is 1. The first-order valence-corrected chi connectivity index (χ1v) is 20.9. The summed E-state index contributed by atoms with van der Waals surface area (Å²) < 4.78 is 0.524. The van der Waals surface area contributed by atoms with Crippen LogP contribution in [0.1, 0.15) is 219 Å². The summed E-state index contributed by atoms with van der Waals surface area (Å²) in [5.41, 5.74) is 0. The molecule has 0 aromatic carbocycles. The van der Waals surface area contributed by atoms with Crippen molar-refractivity contribution in [3.05, 3.63) is 0 Å². The Morgan fingerprint density at radius 2 is 0.674 bits per heavy atom.